The van der Waals surface area contributed by atoms with E-state index in [1.807, 2.05) is 18.2 Å². The van der Waals surface area contributed by atoms with Gasteiger partial charge < -0.3 is 19.9 Å². The third kappa shape index (κ3) is 3.83. The molecule has 0 atom stereocenters. The number of ether oxygens (including phenoxy) is 2. The third-order valence-electron chi connectivity index (χ3n) is 4.36. The van der Waals surface area contributed by atoms with Crippen LogP contribution in [0.3, 0.4) is 0 Å². The predicted molar refractivity (Wildman–Crippen MR) is 97.2 cm³/mol. The van der Waals surface area contributed by atoms with Gasteiger partial charge in [-0.2, -0.15) is 0 Å². The zero-order valence-electron chi connectivity index (χ0n) is 14.0. The lowest BCUT2D eigenvalue weighted by molar-refractivity contribution is -0.0148. The van der Waals surface area contributed by atoms with Crippen molar-refractivity contribution in [3.8, 4) is 11.5 Å². The summed E-state index contributed by atoms with van der Waals surface area (Å²) in [5.74, 6) is 1.33. The highest BCUT2D eigenvalue weighted by atomic mass is 35.5. The van der Waals surface area contributed by atoms with Crippen LogP contribution >= 0.6 is 12.4 Å². The van der Waals surface area contributed by atoms with Gasteiger partial charge in [0.1, 0.15) is 12.2 Å². The minimum absolute atomic E-state index is 0. The van der Waals surface area contributed by atoms with Crippen LogP contribution in [0.4, 0.5) is 0 Å². The fourth-order valence-corrected chi connectivity index (χ4v) is 2.67. The van der Waals surface area contributed by atoms with Gasteiger partial charge in [-0.25, -0.2) is 0 Å². The summed E-state index contributed by atoms with van der Waals surface area (Å²) >= 11 is 0. The van der Waals surface area contributed by atoms with Crippen LogP contribution in [0.1, 0.15) is 23.6 Å². The molecule has 1 saturated heterocycles. The molecule has 24 heavy (non-hydrogen) atoms. The molecule has 2 aromatic carbocycles. The first-order chi connectivity index (χ1) is 11.1. The monoisotopic (exact) mass is 349 g/mol. The van der Waals surface area contributed by atoms with Crippen LogP contribution in [0.25, 0.3) is 0 Å². The Labute approximate surface area is 149 Å². The molecule has 1 fully saturated rings. The second kappa shape index (κ2) is 7.88. The lowest BCUT2D eigenvalue weighted by Gasteiger charge is -2.38. The molecule has 0 amide bonds. The van der Waals surface area contributed by atoms with Crippen molar-refractivity contribution < 1.29 is 14.6 Å². The van der Waals surface area contributed by atoms with E-state index in [2.05, 4.69) is 36.5 Å². The molecule has 0 aliphatic carbocycles. The Balaban J connectivity index is 0.00000208. The molecule has 3 rings (SSSR count). The Kier molecular flexibility index (Phi) is 6.10. The Morgan fingerprint density at radius 2 is 1.71 bits per heavy atom. The van der Waals surface area contributed by atoms with E-state index in [9.17, 15) is 5.11 Å². The number of methoxy groups -OCH3 is 1. The van der Waals surface area contributed by atoms with E-state index in [1.54, 1.807) is 7.11 Å². The summed E-state index contributed by atoms with van der Waals surface area (Å²) in [6.45, 7) is 3.77. The third-order valence-corrected chi connectivity index (χ3v) is 4.36. The van der Waals surface area contributed by atoms with Crippen molar-refractivity contribution in [3.63, 3.8) is 0 Å². The molecule has 0 spiro atoms. The van der Waals surface area contributed by atoms with Crippen LogP contribution in [0.2, 0.25) is 0 Å². The smallest absolute Gasteiger partial charge is 0.161 e. The van der Waals surface area contributed by atoms with Crippen molar-refractivity contribution >= 4 is 12.4 Å². The maximum Gasteiger partial charge on any atom is 0.161 e. The Morgan fingerprint density at radius 3 is 2.25 bits per heavy atom. The lowest BCUT2D eigenvalue weighted by Crippen LogP contribution is -2.56. The van der Waals surface area contributed by atoms with E-state index in [0.717, 1.165) is 17.5 Å². The quantitative estimate of drug-likeness (QED) is 0.841. The first kappa shape index (κ1) is 18.6. The van der Waals surface area contributed by atoms with E-state index < -0.39 is 5.60 Å². The molecule has 1 aliphatic rings. The van der Waals surface area contributed by atoms with Gasteiger partial charge >= 0.3 is 0 Å². The van der Waals surface area contributed by atoms with Crippen LogP contribution in [-0.4, -0.2) is 25.3 Å². The van der Waals surface area contributed by atoms with E-state index in [4.69, 9.17) is 9.47 Å². The minimum atomic E-state index is -0.790. The predicted octanol–water partition coefficient (Wildman–Crippen LogP) is 3.05. The normalized spacial score (nSPS) is 15.1. The number of halogens is 1. The number of benzene rings is 2. The average molecular weight is 350 g/mol. The summed E-state index contributed by atoms with van der Waals surface area (Å²) in [5.41, 5.74) is 2.50. The van der Waals surface area contributed by atoms with Crippen molar-refractivity contribution in [2.24, 2.45) is 0 Å². The molecule has 2 aromatic rings. The van der Waals surface area contributed by atoms with Gasteiger partial charge in [0.05, 0.1) is 7.11 Å². The van der Waals surface area contributed by atoms with Crippen LogP contribution in [0, 0.1) is 0 Å². The molecule has 0 aromatic heterocycles. The molecule has 0 unspecified atom stereocenters. The lowest BCUT2D eigenvalue weighted by atomic mass is 9.88. The number of aliphatic hydroxyl groups is 1. The Hall–Kier alpha value is -1.75. The topological polar surface area (TPSA) is 50.7 Å². The standard InChI is InChI=1S/C19H23NO3.ClH/c1-3-14-4-6-15(7-5-14)11-23-17-9-8-16(10-18(17)22-2)19(21)12-20-13-19;/h4-10,20-21H,3,11-13H2,1-2H3;1H. The van der Waals surface area contributed by atoms with Crippen LogP contribution in [-0.2, 0) is 18.6 Å². The number of nitrogens with one attached hydrogen (secondary N) is 1. The van der Waals surface area contributed by atoms with E-state index in [0.29, 0.717) is 31.2 Å². The summed E-state index contributed by atoms with van der Waals surface area (Å²) in [6.07, 6.45) is 1.04. The second-order valence-electron chi connectivity index (χ2n) is 5.96. The highest BCUT2D eigenvalue weighted by Crippen LogP contribution is 2.34. The molecule has 0 radical (unpaired) electrons. The largest absolute Gasteiger partial charge is 0.493 e. The molecule has 1 aliphatic heterocycles. The van der Waals surface area contributed by atoms with Crippen LogP contribution in [0.15, 0.2) is 42.5 Å². The van der Waals surface area contributed by atoms with Crippen molar-refractivity contribution in [1.29, 1.82) is 0 Å². The molecule has 5 heteroatoms. The van der Waals surface area contributed by atoms with Gasteiger partial charge in [-0.05, 0) is 35.2 Å². The number of hydrogen-bond acceptors (Lipinski definition) is 4. The van der Waals surface area contributed by atoms with Crippen LogP contribution in [0.5, 0.6) is 11.5 Å². The molecule has 4 nitrogen and oxygen atoms in total. The minimum Gasteiger partial charge on any atom is -0.493 e. The summed E-state index contributed by atoms with van der Waals surface area (Å²) in [6, 6.07) is 14.0. The van der Waals surface area contributed by atoms with Gasteiger partial charge in [0.25, 0.3) is 0 Å². The van der Waals surface area contributed by atoms with Gasteiger partial charge in [-0.1, -0.05) is 37.3 Å². The van der Waals surface area contributed by atoms with Crippen molar-refractivity contribution in [3.05, 3.63) is 59.2 Å². The van der Waals surface area contributed by atoms with Crippen LogP contribution < -0.4 is 14.8 Å². The Bertz CT molecular complexity index is 669. The first-order valence-electron chi connectivity index (χ1n) is 7.97. The number of aryl methyl sites for hydroxylation is 1. The maximum absolute atomic E-state index is 10.4. The number of rotatable bonds is 6. The summed E-state index contributed by atoms with van der Waals surface area (Å²) in [4.78, 5) is 0. The maximum atomic E-state index is 10.4. The van der Waals surface area contributed by atoms with Gasteiger partial charge in [-0.15, -0.1) is 12.4 Å². The zero-order valence-corrected chi connectivity index (χ0v) is 14.9. The SMILES string of the molecule is CCc1ccc(COc2ccc(C3(O)CNC3)cc2OC)cc1.Cl. The number of hydrogen-bond donors (Lipinski definition) is 2. The van der Waals surface area contributed by atoms with Gasteiger partial charge in [-0.3, -0.25) is 0 Å². The van der Waals surface area contributed by atoms with E-state index >= 15 is 0 Å². The zero-order chi connectivity index (χ0) is 16.3. The van der Waals surface area contributed by atoms with Gasteiger partial charge in [0.15, 0.2) is 11.5 Å². The first-order valence-corrected chi connectivity index (χ1v) is 7.97. The van der Waals surface area contributed by atoms with Crippen molar-refractivity contribution in [2.45, 2.75) is 25.6 Å². The molecule has 0 saturated carbocycles. The molecule has 130 valence electrons. The van der Waals surface area contributed by atoms with Gasteiger partial charge in [0, 0.05) is 13.1 Å². The van der Waals surface area contributed by atoms with Gasteiger partial charge in [0.2, 0.25) is 0 Å². The molecular weight excluding hydrogens is 326 g/mol. The van der Waals surface area contributed by atoms with Crippen molar-refractivity contribution in [1.82, 2.24) is 5.32 Å². The molecular formula is C19H24ClNO3. The summed E-state index contributed by atoms with van der Waals surface area (Å²) in [5, 5.41) is 13.5. The fourth-order valence-electron chi connectivity index (χ4n) is 2.67. The Morgan fingerprint density at radius 1 is 1.04 bits per heavy atom. The summed E-state index contributed by atoms with van der Waals surface area (Å²) < 4.78 is 11.3. The average Bonchev–Trinajstić information content (AvgIpc) is 2.58. The van der Waals surface area contributed by atoms with E-state index in [1.165, 1.54) is 5.56 Å². The van der Waals surface area contributed by atoms with Crippen molar-refractivity contribution in [2.75, 3.05) is 20.2 Å². The van der Waals surface area contributed by atoms with E-state index in [-0.39, 0.29) is 12.4 Å². The molecule has 2 N–H and O–H groups in total. The number of β-amino-alcohol motifs (C(OH)–C–C–N with tert-alkyl or cyclic N) is 1. The summed E-state index contributed by atoms with van der Waals surface area (Å²) in [7, 11) is 1.62. The highest BCUT2D eigenvalue weighted by molar-refractivity contribution is 5.85. The molecule has 1 heterocycles. The second-order valence-corrected chi connectivity index (χ2v) is 5.96. The molecule has 0 bridgehead atoms. The highest BCUT2D eigenvalue weighted by Gasteiger charge is 2.36. The fraction of sp³-hybridized carbons (Fsp3) is 0.368.